The number of nitrogens with two attached hydrogens (primary N) is 2. The molecule has 0 saturated carbocycles. The van der Waals surface area contributed by atoms with Crippen LogP contribution in [0.15, 0.2) is 28.1 Å². The average molecular weight is 292 g/mol. The second kappa shape index (κ2) is 5.54. The first-order valence-corrected chi connectivity index (χ1v) is 7.08. The van der Waals surface area contributed by atoms with Gasteiger partial charge in [-0.2, -0.15) is 4.99 Å². The van der Waals surface area contributed by atoms with E-state index in [1.165, 1.54) is 11.8 Å². The minimum absolute atomic E-state index is 0.0384. The van der Waals surface area contributed by atoms with Gasteiger partial charge >= 0.3 is 0 Å². The Morgan fingerprint density at radius 2 is 2.15 bits per heavy atom. The molecule has 0 bridgehead atoms. The lowest BCUT2D eigenvalue weighted by molar-refractivity contribution is -0.117. The summed E-state index contributed by atoms with van der Waals surface area (Å²) in [4.78, 5) is 30.1. The smallest absolute Gasteiger partial charge is 0.280 e. The molecule has 1 aromatic carbocycles. The van der Waals surface area contributed by atoms with Crippen LogP contribution in [0.4, 0.5) is 5.69 Å². The Morgan fingerprint density at radius 3 is 2.75 bits per heavy atom. The summed E-state index contributed by atoms with van der Waals surface area (Å²) >= 11 is 1.49. The van der Waals surface area contributed by atoms with Crippen molar-refractivity contribution in [2.45, 2.75) is 24.0 Å². The summed E-state index contributed by atoms with van der Waals surface area (Å²) in [5.41, 5.74) is 11.5. The van der Waals surface area contributed by atoms with Crippen LogP contribution in [0.1, 0.15) is 24.2 Å². The number of hydrogen-bond acceptors (Lipinski definition) is 3. The van der Waals surface area contributed by atoms with Crippen LogP contribution < -0.4 is 16.4 Å². The third-order valence-electron chi connectivity index (χ3n) is 2.96. The number of rotatable bonds is 2. The van der Waals surface area contributed by atoms with E-state index in [9.17, 15) is 9.59 Å². The van der Waals surface area contributed by atoms with Gasteiger partial charge in [0.05, 0.1) is 10.9 Å². The van der Waals surface area contributed by atoms with E-state index in [1.807, 2.05) is 19.9 Å². The number of benzene rings is 1. The highest BCUT2D eigenvalue weighted by Gasteiger charge is 2.30. The topological polar surface area (TPSA) is 102 Å². The van der Waals surface area contributed by atoms with Gasteiger partial charge in [-0.1, -0.05) is 0 Å². The summed E-state index contributed by atoms with van der Waals surface area (Å²) in [6.45, 7) is 4.32. The van der Waals surface area contributed by atoms with Crippen molar-refractivity contribution < 1.29 is 9.59 Å². The molecule has 2 amide bonds. The van der Waals surface area contributed by atoms with Gasteiger partial charge in [-0.05, 0) is 32.0 Å². The summed E-state index contributed by atoms with van der Waals surface area (Å²) in [5, 5.41) is -0.123. The molecular weight excluding hydrogens is 276 g/mol. The van der Waals surface area contributed by atoms with Crippen molar-refractivity contribution in [3.63, 3.8) is 0 Å². The van der Waals surface area contributed by atoms with Crippen molar-refractivity contribution in [3.05, 3.63) is 23.8 Å². The number of fused-ring (bicyclic) bond motifs is 1. The highest BCUT2D eigenvalue weighted by Crippen LogP contribution is 2.39. The first-order valence-electron chi connectivity index (χ1n) is 6.20. The normalized spacial score (nSPS) is 17.6. The molecule has 0 saturated heterocycles. The summed E-state index contributed by atoms with van der Waals surface area (Å²) < 4.78 is 0. The molecule has 1 heterocycles. The van der Waals surface area contributed by atoms with E-state index in [0.29, 0.717) is 12.1 Å². The van der Waals surface area contributed by atoms with Gasteiger partial charge in [0.15, 0.2) is 5.96 Å². The average Bonchev–Trinajstić information content (AvgIpc) is 2.39. The minimum atomic E-state index is -0.514. The third-order valence-corrected chi connectivity index (χ3v) is 4.12. The van der Waals surface area contributed by atoms with Crippen LogP contribution in [0.5, 0.6) is 0 Å². The van der Waals surface area contributed by atoms with Gasteiger partial charge in [0.25, 0.3) is 5.91 Å². The molecule has 6 nitrogen and oxygen atoms in total. The molecule has 0 aromatic heterocycles. The van der Waals surface area contributed by atoms with Gasteiger partial charge in [0.2, 0.25) is 5.91 Å². The van der Waals surface area contributed by atoms with E-state index < -0.39 is 5.91 Å². The molecule has 0 aliphatic carbocycles. The van der Waals surface area contributed by atoms with Gasteiger partial charge in [-0.15, -0.1) is 11.8 Å². The lowest BCUT2D eigenvalue weighted by atomic mass is 10.1. The second-order valence-electron chi connectivity index (χ2n) is 4.37. The van der Waals surface area contributed by atoms with Crippen molar-refractivity contribution in [3.8, 4) is 0 Å². The van der Waals surface area contributed by atoms with E-state index in [2.05, 4.69) is 4.99 Å². The minimum Gasteiger partial charge on any atom is -0.370 e. The number of thioether (sulfide) groups is 1. The molecule has 1 atom stereocenters. The molecule has 1 aliphatic heterocycles. The maximum atomic E-state index is 12.1. The van der Waals surface area contributed by atoms with Gasteiger partial charge in [-0.3, -0.25) is 9.59 Å². The number of guanidine groups is 1. The molecule has 4 N–H and O–H groups in total. The molecule has 1 aromatic rings. The van der Waals surface area contributed by atoms with Gasteiger partial charge in [0, 0.05) is 17.0 Å². The van der Waals surface area contributed by atoms with Crippen molar-refractivity contribution in [1.29, 1.82) is 0 Å². The van der Waals surface area contributed by atoms with Gasteiger partial charge in [-0.25, -0.2) is 0 Å². The molecule has 1 aliphatic rings. The summed E-state index contributed by atoms with van der Waals surface area (Å²) in [6, 6.07) is 5.14. The number of aliphatic imine (C=N–C) groups is 1. The molecule has 106 valence electrons. The summed E-state index contributed by atoms with van der Waals surface area (Å²) in [6.07, 6.45) is 0. The van der Waals surface area contributed by atoms with Crippen LogP contribution in [0, 0.1) is 0 Å². The Balaban J connectivity index is 2.45. The Hall–Kier alpha value is -2.02. The van der Waals surface area contributed by atoms with E-state index in [1.54, 1.807) is 17.0 Å². The fraction of sp³-hybridized carbons (Fsp3) is 0.308. The number of carbonyl (C=O) groups is 2. The number of anilines is 1. The molecule has 20 heavy (non-hydrogen) atoms. The predicted molar refractivity (Wildman–Crippen MR) is 79.9 cm³/mol. The van der Waals surface area contributed by atoms with Crippen LogP contribution >= 0.6 is 11.8 Å². The molecule has 7 heteroatoms. The number of carbonyl (C=O) groups excluding carboxylic acids is 2. The highest BCUT2D eigenvalue weighted by atomic mass is 32.2. The quantitative estimate of drug-likeness (QED) is 0.624. The maximum absolute atomic E-state index is 12.1. The SMILES string of the molecule is CCN1C(=O)C(C)Sc2ccc(C(=O)N=C(N)N)cc21. The first-order chi connectivity index (χ1) is 9.43. The monoisotopic (exact) mass is 292 g/mol. The summed E-state index contributed by atoms with van der Waals surface area (Å²) in [7, 11) is 0. The van der Waals surface area contributed by atoms with Crippen molar-refractivity contribution in [1.82, 2.24) is 0 Å². The Bertz CT molecular complexity index is 596. The number of amides is 2. The maximum Gasteiger partial charge on any atom is 0.280 e. The van der Waals surface area contributed by atoms with E-state index in [-0.39, 0.29) is 17.1 Å². The van der Waals surface area contributed by atoms with E-state index in [4.69, 9.17) is 11.5 Å². The van der Waals surface area contributed by atoms with E-state index >= 15 is 0 Å². The van der Waals surface area contributed by atoms with Crippen LogP contribution in [0.3, 0.4) is 0 Å². The fourth-order valence-electron chi connectivity index (χ4n) is 2.05. The molecule has 0 radical (unpaired) electrons. The van der Waals surface area contributed by atoms with Crippen molar-refractivity contribution >= 4 is 35.2 Å². The van der Waals surface area contributed by atoms with Crippen LogP contribution in [0.2, 0.25) is 0 Å². The largest absolute Gasteiger partial charge is 0.370 e. The van der Waals surface area contributed by atoms with Crippen LogP contribution in [-0.2, 0) is 4.79 Å². The van der Waals surface area contributed by atoms with Crippen molar-refractivity contribution in [2.75, 3.05) is 11.4 Å². The van der Waals surface area contributed by atoms with Crippen molar-refractivity contribution in [2.24, 2.45) is 16.5 Å². The zero-order chi connectivity index (χ0) is 14.9. The zero-order valence-corrected chi connectivity index (χ0v) is 12.1. The van der Waals surface area contributed by atoms with Gasteiger partial charge in [0.1, 0.15) is 0 Å². The molecular formula is C13H16N4O2S. The zero-order valence-electron chi connectivity index (χ0n) is 11.3. The molecule has 0 spiro atoms. The number of hydrogen-bond donors (Lipinski definition) is 2. The van der Waals surface area contributed by atoms with Crippen LogP contribution in [-0.4, -0.2) is 29.6 Å². The van der Waals surface area contributed by atoms with Gasteiger partial charge < -0.3 is 16.4 Å². The molecule has 0 fully saturated rings. The lowest BCUT2D eigenvalue weighted by Gasteiger charge is -2.31. The first kappa shape index (κ1) is 14.4. The Morgan fingerprint density at radius 1 is 1.45 bits per heavy atom. The highest BCUT2D eigenvalue weighted by molar-refractivity contribution is 8.00. The molecule has 2 rings (SSSR count). The Kier molecular flexibility index (Phi) is 3.99. The second-order valence-corrected chi connectivity index (χ2v) is 5.75. The fourth-order valence-corrected chi connectivity index (χ4v) is 3.09. The summed E-state index contributed by atoms with van der Waals surface area (Å²) in [5.74, 6) is -0.754. The lowest BCUT2D eigenvalue weighted by Crippen LogP contribution is -2.39. The molecule has 1 unspecified atom stereocenters. The standard InChI is InChI=1S/C13H16N4O2S/c1-3-17-9-6-8(11(18)16-13(14)15)4-5-10(9)20-7(2)12(17)19/h4-7H,3H2,1-2H3,(H4,14,15,16,18). The van der Waals surface area contributed by atoms with E-state index in [0.717, 1.165) is 10.6 Å². The predicted octanol–water partition coefficient (Wildman–Crippen LogP) is 0.947. The number of nitrogens with zero attached hydrogens (tertiary/aromatic N) is 2. The van der Waals surface area contributed by atoms with Crippen LogP contribution in [0.25, 0.3) is 0 Å². The third kappa shape index (κ3) is 2.62. The Labute approximate surface area is 121 Å².